The maximum Gasteiger partial charge on any atom is 0.257 e. The van der Waals surface area contributed by atoms with Gasteiger partial charge in [-0.2, -0.15) is 5.10 Å². The standard InChI is InChI=1S/C13H22N4O/c1-3-16(4-2)12-5-7-17(8-6-12)13(18)11-9-14-15-10-11/h9-10,12H,3-8H2,1-2H3,(H,14,15). The summed E-state index contributed by atoms with van der Waals surface area (Å²) in [5.41, 5.74) is 0.663. The van der Waals surface area contributed by atoms with E-state index in [2.05, 4.69) is 28.9 Å². The molecule has 5 nitrogen and oxygen atoms in total. The number of likely N-dealkylation sites (tertiary alicyclic amines) is 1. The van der Waals surface area contributed by atoms with Crippen molar-refractivity contribution >= 4 is 5.91 Å². The lowest BCUT2D eigenvalue weighted by Crippen LogP contribution is -2.46. The number of aromatic amines is 1. The largest absolute Gasteiger partial charge is 0.338 e. The Labute approximate surface area is 108 Å². The quantitative estimate of drug-likeness (QED) is 0.877. The summed E-state index contributed by atoms with van der Waals surface area (Å²) in [6.45, 7) is 8.29. The number of aromatic nitrogens is 2. The zero-order chi connectivity index (χ0) is 13.0. The Hall–Kier alpha value is -1.36. The normalized spacial score (nSPS) is 17.4. The average molecular weight is 250 g/mol. The first-order valence-electron chi connectivity index (χ1n) is 6.78. The van der Waals surface area contributed by atoms with Gasteiger partial charge in [0.15, 0.2) is 0 Å². The Kier molecular flexibility index (Phi) is 4.36. The molecule has 1 aromatic rings. The van der Waals surface area contributed by atoms with Gasteiger partial charge in [-0.15, -0.1) is 0 Å². The third-order valence-electron chi connectivity index (χ3n) is 3.83. The van der Waals surface area contributed by atoms with E-state index < -0.39 is 0 Å². The van der Waals surface area contributed by atoms with Gasteiger partial charge in [-0.05, 0) is 25.9 Å². The first-order chi connectivity index (χ1) is 8.76. The van der Waals surface area contributed by atoms with E-state index in [0.29, 0.717) is 11.6 Å². The number of carbonyl (C=O) groups is 1. The average Bonchev–Trinajstić information content (AvgIpc) is 2.94. The summed E-state index contributed by atoms with van der Waals surface area (Å²) in [5.74, 6) is 0.0988. The predicted octanol–water partition coefficient (Wildman–Crippen LogP) is 1.36. The molecule has 18 heavy (non-hydrogen) atoms. The monoisotopic (exact) mass is 250 g/mol. The number of H-pyrrole nitrogens is 1. The van der Waals surface area contributed by atoms with Gasteiger partial charge >= 0.3 is 0 Å². The van der Waals surface area contributed by atoms with Crippen LogP contribution >= 0.6 is 0 Å². The molecule has 0 bridgehead atoms. The minimum absolute atomic E-state index is 0.0988. The number of carbonyl (C=O) groups excluding carboxylic acids is 1. The van der Waals surface area contributed by atoms with Gasteiger partial charge in [0.05, 0.1) is 11.8 Å². The summed E-state index contributed by atoms with van der Waals surface area (Å²) >= 11 is 0. The molecule has 0 unspecified atom stereocenters. The first kappa shape index (κ1) is 13.1. The van der Waals surface area contributed by atoms with E-state index in [4.69, 9.17) is 0 Å². The molecule has 100 valence electrons. The van der Waals surface area contributed by atoms with Crippen molar-refractivity contribution in [1.82, 2.24) is 20.0 Å². The van der Waals surface area contributed by atoms with Crippen molar-refractivity contribution in [3.8, 4) is 0 Å². The second-order valence-electron chi connectivity index (χ2n) is 4.73. The molecule has 1 saturated heterocycles. The topological polar surface area (TPSA) is 52.2 Å². The van der Waals surface area contributed by atoms with Crippen LogP contribution in [0.4, 0.5) is 0 Å². The zero-order valence-corrected chi connectivity index (χ0v) is 11.2. The van der Waals surface area contributed by atoms with E-state index in [9.17, 15) is 4.79 Å². The Bertz CT molecular complexity index is 364. The zero-order valence-electron chi connectivity index (χ0n) is 11.2. The van der Waals surface area contributed by atoms with Gasteiger partial charge in [0.1, 0.15) is 0 Å². The summed E-state index contributed by atoms with van der Waals surface area (Å²) in [4.78, 5) is 16.5. The van der Waals surface area contributed by atoms with Gasteiger partial charge in [-0.25, -0.2) is 0 Å². The van der Waals surface area contributed by atoms with Gasteiger partial charge < -0.3 is 9.80 Å². The highest BCUT2D eigenvalue weighted by Crippen LogP contribution is 2.17. The molecule has 1 aliphatic rings. The Morgan fingerprint density at radius 1 is 1.44 bits per heavy atom. The second kappa shape index (κ2) is 6.00. The van der Waals surface area contributed by atoms with Gasteiger partial charge in [0.2, 0.25) is 0 Å². The lowest BCUT2D eigenvalue weighted by atomic mass is 10.0. The fraction of sp³-hybridized carbons (Fsp3) is 0.692. The van der Waals surface area contributed by atoms with E-state index in [1.54, 1.807) is 12.4 Å². The molecular weight excluding hydrogens is 228 g/mol. The van der Waals surface area contributed by atoms with E-state index in [1.165, 1.54) is 0 Å². The molecule has 1 aromatic heterocycles. The third kappa shape index (κ3) is 2.72. The lowest BCUT2D eigenvalue weighted by molar-refractivity contribution is 0.0631. The lowest BCUT2D eigenvalue weighted by Gasteiger charge is -2.37. The number of rotatable bonds is 4. The minimum Gasteiger partial charge on any atom is -0.338 e. The molecule has 1 aliphatic heterocycles. The van der Waals surface area contributed by atoms with Gasteiger partial charge in [0, 0.05) is 25.3 Å². The van der Waals surface area contributed by atoms with Crippen LogP contribution in [0, 0.1) is 0 Å². The summed E-state index contributed by atoms with van der Waals surface area (Å²) in [5, 5.41) is 6.52. The van der Waals surface area contributed by atoms with Crippen LogP contribution in [0.3, 0.4) is 0 Å². The van der Waals surface area contributed by atoms with Crippen LogP contribution in [0.1, 0.15) is 37.0 Å². The first-order valence-corrected chi connectivity index (χ1v) is 6.78. The Morgan fingerprint density at radius 2 is 2.11 bits per heavy atom. The van der Waals surface area contributed by atoms with Crippen LogP contribution in [0.25, 0.3) is 0 Å². The molecule has 0 aromatic carbocycles. The van der Waals surface area contributed by atoms with Crippen LogP contribution < -0.4 is 0 Å². The second-order valence-corrected chi connectivity index (χ2v) is 4.73. The highest BCUT2D eigenvalue weighted by molar-refractivity contribution is 5.93. The highest BCUT2D eigenvalue weighted by atomic mass is 16.2. The van der Waals surface area contributed by atoms with Crippen LogP contribution in [0.2, 0.25) is 0 Å². The number of hydrogen-bond acceptors (Lipinski definition) is 3. The van der Waals surface area contributed by atoms with E-state index in [0.717, 1.165) is 39.0 Å². The minimum atomic E-state index is 0.0988. The van der Waals surface area contributed by atoms with Gasteiger partial charge in [0.25, 0.3) is 5.91 Å². The van der Waals surface area contributed by atoms with Crippen molar-refractivity contribution in [2.24, 2.45) is 0 Å². The molecule has 2 heterocycles. The van der Waals surface area contributed by atoms with Crippen molar-refractivity contribution in [3.63, 3.8) is 0 Å². The number of nitrogens with zero attached hydrogens (tertiary/aromatic N) is 3. The maximum absolute atomic E-state index is 12.1. The third-order valence-corrected chi connectivity index (χ3v) is 3.83. The molecule has 0 atom stereocenters. The molecule has 5 heteroatoms. The van der Waals surface area contributed by atoms with E-state index in [1.807, 2.05) is 4.90 Å². The smallest absolute Gasteiger partial charge is 0.257 e. The number of hydrogen-bond donors (Lipinski definition) is 1. The van der Waals surface area contributed by atoms with Crippen molar-refractivity contribution in [3.05, 3.63) is 18.0 Å². The Balaban J connectivity index is 1.89. The highest BCUT2D eigenvalue weighted by Gasteiger charge is 2.26. The summed E-state index contributed by atoms with van der Waals surface area (Å²) in [6, 6.07) is 0.633. The molecule has 0 aliphatic carbocycles. The van der Waals surface area contributed by atoms with Crippen LogP contribution in [-0.2, 0) is 0 Å². The van der Waals surface area contributed by atoms with Crippen molar-refractivity contribution in [2.75, 3.05) is 26.2 Å². The molecule has 0 spiro atoms. The molecule has 0 radical (unpaired) electrons. The van der Waals surface area contributed by atoms with Crippen LogP contribution in [-0.4, -0.2) is 58.1 Å². The SMILES string of the molecule is CCN(CC)C1CCN(C(=O)c2cn[nH]c2)CC1. The summed E-state index contributed by atoms with van der Waals surface area (Å²) in [7, 11) is 0. The number of amides is 1. The van der Waals surface area contributed by atoms with E-state index >= 15 is 0 Å². The number of piperidine rings is 1. The number of nitrogens with one attached hydrogen (secondary N) is 1. The predicted molar refractivity (Wildman–Crippen MR) is 70.4 cm³/mol. The molecule has 1 fully saturated rings. The van der Waals surface area contributed by atoms with Crippen molar-refractivity contribution < 1.29 is 4.79 Å². The molecule has 0 saturated carbocycles. The van der Waals surface area contributed by atoms with Gasteiger partial charge in [-0.3, -0.25) is 9.89 Å². The van der Waals surface area contributed by atoms with Crippen molar-refractivity contribution in [2.45, 2.75) is 32.7 Å². The van der Waals surface area contributed by atoms with Crippen molar-refractivity contribution in [1.29, 1.82) is 0 Å². The van der Waals surface area contributed by atoms with E-state index in [-0.39, 0.29) is 5.91 Å². The van der Waals surface area contributed by atoms with Crippen LogP contribution in [0.5, 0.6) is 0 Å². The fourth-order valence-corrected chi connectivity index (χ4v) is 2.72. The van der Waals surface area contributed by atoms with Gasteiger partial charge in [-0.1, -0.05) is 13.8 Å². The molecule has 2 rings (SSSR count). The molecular formula is C13H22N4O. The van der Waals surface area contributed by atoms with Crippen LogP contribution in [0.15, 0.2) is 12.4 Å². The summed E-state index contributed by atoms with van der Waals surface area (Å²) in [6.07, 6.45) is 5.41. The summed E-state index contributed by atoms with van der Waals surface area (Å²) < 4.78 is 0. The Morgan fingerprint density at radius 3 is 2.61 bits per heavy atom. The maximum atomic E-state index is 12.1. The molecule has 1 amide bonds. The molecule has 1 N–H and O–H groups in total. The fourth-order valence-electron chi connectivity index (χ4n) is 2.72.